The highest BCUT2D eigenvalue weighted by atomic mass is 16.5. The summed E-state index contributed by atoms with van der Waals surface area (Å²) in [5.41, 5.74) is 1.91. The average Bonchev–Trinajstić information content (AvgIpc) is 2.91. The van der Waals surface area contributed by atoms with Crippen molar-refractivity contribution in [1.82, 2.24) is 4.90 Å². The van der Waals surface area contributed by atoms with Crippen molar-refractivity contribution < 1.29 is 19.1 Å². The Morgan fingerprint density at radius 2 is 1.71 bits per heavy atom. The van der Waals surface area contributed by atoms with Crippen molar-refractivity contribution in [2.24, 2.45) is 5.92 Å². The molecule has 0 aromatic heterocycles. The van der Waals surface area contributed by atoms with E-state index < -0.39 is 0 Å². The summed E-state index contributed by atoms with van der Waals surface area (Å²) in [6.07, 6.45) is 0. The zero-order chi connectivity index (χ0) is 20.3. The lowest BCUT2D eigenvalue weighted by molar-refractivity contribution is -0.135. The Kier molecular flexibility index (Phi) is 5.68. The van der Waals surface area contributed by atoms with E-state index in [0.29, 0.717) is 35.1 Å². The van der Waals surface area contributed by atoms with E-state index >= 15 is 0 Å². The molecule has 0 aliphatic carbocycles. The van der Waals surface area contributed by atoms with Crippen molar-refractivity contribution in [1.29, 1.82) is 0 Å². The van der Waals surface area contributed by atoms with Crippen molar-refractivity contribution in [2.45, 2.75) is 13.8 Å². The maximum atomic E-state index is 12.7. The number of nitrogens with zero attached hydrogens (tertiary/aromatic N) is 1. The molecule has 6 heteroatoms. The quantitative estimate of drug-likeness (QED) is 0.744. The van der Waals surface area contributed by atoms with Gasteiger partial charge in [0.2, 0.25) is 0 Å². The van der Waals surface area contributed by atoms with Gasteiger partial charge in [-0.05, 0) is 35.7 Å². The molecule has 1 heterocycles. The third kappa shape index (κ3) is 4.01. The second-order valence-corrected chi connectivity index (χ2v) is 7.01. The van der Waals surface area contributed by atoms with Gasteiger partial charge in [0.1, 0.15) is 17.2 Å². The molecule has 146 valence electrons. The first-order chi connectivity index (χ1) is 13.4. The Morgan fingerprint density at radius 1 is 1.00 bits per heavy atom. The summed E-state index contributed by atoms with van der Waals surface area (Å²) in [7, 11) is 3.05. The van der Waals surface area contributed by atoms with Crippen LogP contribution in [0.1, 0.15) is 19.4 Å². The van der Waals surface area contributed by atoms with Crippen LogP contribution in [0.25, 0.3) is 5.57 Å². The molecule has 0 fully saturated rings. The van der Waals surface area contributed by atoms with E-state index in [4.69, 9.17) is 9.47 Å². The smallest absolute Gasteiger partial charge is 0.277 e. The highest BCUT2D eigenvalue weighted by molar-refractivity contribution is 6.36. The number of hydrogen-bond acceptors (Lipinski definition) is 5. The topological polar surface area (TPSA) is 67.9 Å². The summed E-state index contributed by atoms with van der Waals surface area (Å²) in [5.74, 6) is 1.09. The van der Waals surface area contributed by atoms with Crippen LogP contribution in [0.15, 0.2) is 54.2 Å². The number of methoxy groups -OCH3 is 1. The standard InChI is InChI=1S/C22H24N2O4/c1-14(2)13-28-17-10-8-15(9-11-17)19-20(22(26)24(3)21(19)25)23-16-6-5-7-18(12-16)27-4/h5-12,14,23H,13H2,1-4H3. The maximum absolute atomic E-state index is 12.7. The summed E-state index contributed by atoms with van der Waals surface area (Å²) in [5, 5.41) is 3.09. The van der Waals surface area contributed by atoms with Crippen molar-refractivity contribution in [3.8, 4) is 11.5 Å². The molecule has 3 rings (SSSR count). The Bertz CT molecular complexity index is 916. The lowest BCUT2D eigenvalue weighted by Gasteiger charge is -2.11. The fraction of sp³-hybridized carbons (Fsp3) is 0.273. The molecular formula is C22H24N2O4. The van der Waals surface area contributed by atoms with Gasteiger partial charge in [-0.1, -0.05) is 32.0 Å². The molecule has 1 aliphatic heterocycles. The average molecular weight is 380 g/mol. The minimum atomic E-state index is -0.372. The van der Waals surface area contributed by atoms with Crippen molar-refractivity contribution in [2.75, 3.05) is 26.1 Å². The van der Waals surface area contributed by atoms with Crippen LogP contribution in [-0.2, 0) is 9.59 Å². The van der Waals surface area contributed by atoms with Crippen molar-refractivity contribution >= 4 is 23.1 Å². The first-order valence-electron chi connectivity index (χ1n) is 9.11. The molecule has 0 spiro atoms. The molecule has 0 bridgehead atoms. The van der Waals surface area contributed by atoms with Gasteiger partial charge in [0, 0.05) is 18.8 Å². The number of anilines is 1. The van der Waals surface area contributed by atoms with Crippen LogP contribution in [0.4, 0.5) is 5.69 Å². The number of carbonyl (C=O) groups is 2. The second-order valence-electron chi connectivity index (χ2n) is 7.01. The Hall–Kier alpha value is -3.28. The van der Waals surface area contributed by atoms with E-state index in [1.807, 2.05) is 30.3 Å². The van der Waals surface area contributed by atoms with Gasteiger partial charge in [0.25, 0.3) is 11.8 Å². The Labute approximate surface area is 164 Å². The zero-order valence-electron chi connectivity index (χ0n) is 16.5. The second kappa shape index (κ2) is 8.17. The van der Waals surface area contributed by atoms with Gasteiger partial charge in [-0.2, -0.15) is 0 Å². The number of nitrogens with one attached hydrogen (secondary N) is 1. The number of likely N-dealkylation sites (N-methyl/N-ethyl adjacent to an activating group) is 1. The van der Waals surface area contributed by atoms with Gasteiger partial charge in [-0.25, -0.2) is 0 Å². The van der Waals surface area contributed by atoms with E-state index in [0.717, 1.165) is 10.6 Å². The van der Waals surface area contributed by atoms with Crippen LogP contribution in [0.2, 0.25) is 0 Å². The number of amides is 2. The van der Waals surface area contributed by atoms with E-state index in [-0.39, 0.29) is 17.5 Å². The summed E-state index contributed by atoms with van der Waals surface area (Å²) in [6, 6.07) is 14.4. The van der Waals surface area contributed by atoms with E-state index in [1.54, 1.807) is 25.3 Å². The van der Waals surface area contributed by atoms with Crippen LogP contribution in [0.3, 0.4) is 0 Å². The minimum Gasteiger partial charge on any atom is -0.497 e. The number of hydrogen-bond donors (Lipinski definition) is 1. The molecule has 2 aromatic rings. The van der Waals surface area contributed by atoms with Crippen LogP contribution in [-0.4, -0.2) is 37.5 Å². The van der Waals surface area contributed by atoms with Gasteiger partial charge in [-0.3, -0.25) is 14.5 Å². The van der Waals surface area contributed by atoms with E-state index in [1.165, 1.54) is 7.05 Å². The molecule has 0 saturated heterocycles. The minimum absolute atomic E-state index is 0.247. The summed E-state index contributed by atoms with van der Waals surface area (Å²) in [4.78, 5) is 26.4. The molecular weight excluding hydrogens is 356 g/mol. The molecule has 6 nitrogen and oxygen atoms in total. The third-order valence-electron chi connectivity index (χ3n) is 4.35. The van der Waals surface area contributed by atoms with E-state index in [9.17, 15) is 9.59 Å². The highest BCUT2D eigenvalue weighted by Crippen LogP contribution is 2.31. The van der Waals surface area contributed by atoms with Gasteiger partial charge >= 0.3 is 0 Å². The molecule has 2 amide bonds. The van der Waals surface area contributed by atoms with Crippen molar-refractivity contribution in [3.63, 3.8) is 0 Å². The van der Waals surface area contributed by atoms with E-state index in [2.05, 4.69) is 19.2 Å². The van der Waals surface area contributed by atoms with Crippen molar-refractivity contribution in [3.05, 3.63) is 59.8 Å². The summed E-state index contributed by atoms with van der Waals surface area (Å²) >= 11 is 0. The molecule has 2 aromatic carbocycles. The summed E-state index contributed by atoms with van der Waals surface area (Å²) in [6.45, 7) is 4.77. The Balaban J connectivity index is 1.93. The van der Waals surface area contributed by atoms with Gasteiger partial charge in [0.15, 0.2) is 0 Å². The summed E-state index contributed by atoms with van der Waals surface area (Å²) < 4.78 is 10.9. The highest BCUT2D eigenvalue weighted by Gasteiger charge is 2.36. The van der Waals surface area contributed by atoms with Crippen LogP contribution in [0.5, 0.6) is 11.5 Å². The first-order valence-corrected chi connectivity index (χ1v) is 9.11. The first kappa shape index (κ1) is 19.5. The molecule has 1 N–H and O–H groups in total. The molecule has 1 aliphatic rings. The predicted molar refractivity (Wildman–Crippen MR) is 108 cm³/mol. The fourth-order valence-electron chi connectivity index (χ4n) is 2.85. The number of imide groups is 1. The van der Waals surface area contributed by atoms with Gasteiger partial charge in [-0.15, -0.1) is 0 Å². The zero-order valence-corrected chi connectivity index (χ0v) is 16.5. The largest absolute Gasteiger partial charge is 0.497 e. The number of ether oxygens (including phenoxy) is 2. The fourth-order valence-corrected chi connectivity index (χ4v) is 2.85. The number of benzene rings is 2. The Morgan fingerprint density at radius 3 is 2.36 bits per heavy atom. The number of carbonyl (C=O) groups excluding carboxylic acids is 2. The maximum Gasteiger partial charge on any atom is 0.277 e. The van der Waals surface area contributed by atoms with Gasteiger partial charge < -0.3 is 14.8 Å². The predicted octanol–water partition coefficient (Wildman–Crippen LogP) is 3.55. The van der Waals surface area contributed by atoms with Crippen LogP contribution in [0, 0.1) is 5.92 Å². The van der Waals surface area contributed by atoms with Crippen LogP contribution >= 0.6 is 0 Å². The lowest BCUT2D eigenvalue weighted by atomic mass is 10.0. The molecule has 28 heavy (non-hydrogen) atoms. The van der Waals surface area contributed by atoms with Crippen LogP contribution < -0.4 is 14.8 Å². The van der Waals surface area contributed by atoms with Gasteiger partial charge in [0.05, 0.1) is 19.3 Å². The molecule has 0 radical (unpaired) electrons. The third-order valence-corrected chi connectivity index (χ3v) is 4.35. The molecule has 0 unspecified atom stereocenters. The number of rotatable bonds is 7. The molecule has 0 saturated carbocycles. The monoisotopic (exact) mass is 380 g/mol. The SMILES string of the molecule is COc1cccc(NC2=C(c3ccc(OCC(C)C)cc3)C(=O)N(C)C2=O)c1. The molecule has 0 atom stereocenters. The lowest BCUT2D eigenvalue weighted by Crippen LogP contribution is -2.27. The normalized spacial score (nSPS) is 14.1.